The molecule has 1 heterocycles. The molecule has 82 valence electrons. The molecule has 0 aromatic heterocycles. The van der Waals surface area contributed by atoms with Crippen molar-refractivity contribution in [1.29, 1.82) is 0 Å². The lowest BCUT2D eigenvalue weighted by atomic mass is 9.88. The minimum atomic E-state index is 0.384. The molecule has 0 atom stereocenters. The van der Waals surface area contributed by atoms with Gasteiger partial charge in [0.15, 0.2) is 0 Å². The molecular formula is C12H16ClNO. The van der Waals surface area contributed by atoms with Crippen LogP contribution < -0.4 is 5.32 Å². The number of halogens is 1. The molecule has 2 rings (SSSR count). The van der Waals surface area contributed by atoms with Crippen LogP contribution in [0.15, 0.2) is 12.1 Å². The molecule has 0 radical (unpaired) electrons. The second-order valence-corrected chi connectivity index (χ2v) is 4.56. The standard InChI is InChI=1S/C12H16ClNO/c1-8-2-3-10(13)11(12(8)15)9-4-6-14-7-5-9/h2-3,9,14-15H,4-7H2,1H3. The third kappa shape index (κ3) is 2.11. The summed E-state index contributed by atoms with van der Waals surface area (Å²) in [5.41, 5.74) is 1.85. The minimum absolute atomic E-state index is 0.384. The molecule has 15 heavy (non-hydrogen) atoms. The summed E-state index contributed by atoms with van der Waals surface area (Å²) in [7, 11) is 0. The van der Waals surface area contributed by atoms with E-state index in [1.54, 1.807) is 0 Å². The summed E-state index contributed by atoms with van der Waals surface area (Å²) in [4.78, 5) is 0. The normalized spacial score (nSPS) is 18.0. The van der Waals surface area contributed by atoms with Gasteiger partial charge in [0.2, 0.25) is 0 Å². The number of rotatable bonds is 1. The predicted molar refractivity (Wildman–Crippen MR) is 62.7 cm³/mol. The van der Waals surface area contributed by atoms with Gasteiger partial charge in [-0.15, -0.1) is 0 Å². The molecule has 2 nitrogen and oxygen atoms in total. The Hall–Kier alpha value is -0.730. The van der Waals surface area contributed by atoms with Crippen LogP contribution in [0, 0.1) is 6.92 Å². The van der Waals surface area contributed by atoms with Gasteiger partial charge in [-0.1, -0.05) is 17.7 Å². The zero-order chi connectivity index (χ0) is 10.8. The third-order valence-electron chi connectivity index (χ3n) is 3.11. The van der Waals surface area contributed by atoms with E-state index in [1.165, 1.54) is 0 Å². The SMILES string of the molecule is Cc1ccc(Cl)c(C2CCNCC2)c1O. The Morgan fingerprint density at radius 1 is 1.33 bits per heavy atom. The zero-order valence-electron chi connectivity index (χ0n) is 8.89. The maximum absolute atomic E-state index is 10.0. The summed E-state index contributed by atoms with van der Waals surface area (Å²) in [5, 5.41) is 14.0. The lowest BCUT2D eigenvalue weighted by molar-refractivity contribution is 0.422. The number of phenolic OH excluding ortho intramolecular Hbond substituents is 1. The molecule has 0 spiro atoms. The maximum Gasteiger partial charge on any atom is 0.123 e. The molecule has 0 aliphatic carbocycles. The first-order chi connectivity index (χ1) is 7.20. The van der Waals surface area contributed by atoms with Crippen LogP contribution in [0.4, 0.5) is 0 Å². The predicted octanol–water partition coefficient (Wildman–Crippen LogP) is 2.82. The van der Waals surface area contributed by atoms with Gasteiger partial charge in [0, 0.05) is 10.6 Å². The van der Waals surface area contributed by atoms with Gasteiger partial charge in [0.25, 0.3) is 0 Å². The summed E-state index contributed by atoms with van der Waals surface area (Å²) < 4.78 is 0. The Bertz CT molecular complexity index is 359. The number of aryl methyl sites for hydroxylation is 1. The molecule has 1 aromatic rings. The monoisotopic (exact) mass is 225 g/mol. The van der Waals surface area contributed by atoms with E-state index >= 15 is 0 Å². The van der Waals surface area contributed by atoms with E-state index in [4.69, 9.17) is 11.6 Å². The fourth-order valence-corrected chi connectivity index (χ4v) is 2.50. The molecular weight excluding hydrogens is 210 g/mol. The quantitative estimate of drug-likeness (QED) is 0.771. The van der Waals surface area contributed by atoms with Crippen LogP contribution in [-0.2, 0) is 0 Å². The Kier molecular flexibility index (Phi) is 3.17. The van der Waals surface area contributed by atoms with Crippen molar-refractivity contribution in [1.82, 2.24) is 5.32 Å². The van der Waals surface area contributed by atoms with Crippen LogP contribution in [0.1, 0.15) is 29.9 Å². The first-order valence-electron chi connectivity index (χ1n) is 5.39. The molecule has 3 heteroatoms. The van der Waals surface area contributed by atoms with Gasteiger partial charge in [-0.3, -0.25) is 0 Å². The second-order valence-electron chi connectivity index (χ2n) is 4.15. The van der Waals surface area contributed by atoms with Crippen molar-refractivity contribution in [2.24, 2.45) is 0 Å². The van der Waals surface area contributed by atoms with E-state index in [2.05, 4.69) is 5.32 Å². The average Bonchev–Trinajstić information content (AvgIpc) is 2.26. The van der Waals surface area contributed by atoms with Gasteiger partial charge < -0.3 is 10.4 Å². The highest BCUT2D eigenvalue weighted by molar-refractivity contribution is 6.31. The van der Waals surface area contributed by atoms with Gasteiger partial charge in [-0.25, -0.2) is 0 Å². The van der Waals surface area contributed by atoms with E-state index in [0.29, 0.717) is 16.7 Å². The molecule has 0 saturated carbocycles. The van der Waals surface area contributed by atoms with Crippen LogP contribution in [0.2, 0.25) is 5.02 Å². The second kappa shape index (κ2) is 4.42. The molecule has 1 aliphatic rings. The van der Waals surface area contributed by atoms with Crippen molar-refractivity contribution in [3.63, 3.8) is 0 Å². The summed E-state index contributed by atoms with van der Waals surface area (Å²) in [5.74, 6) is 0.785. The smallest absolute Gasteiger partial charge is 0.123 e. The summed E-state index contributed by atoms with van der Waals surface area (Å²) in [6.45, 7) is 3.93. The number of benzene rings is 1. The topological polar surface area (TPSA) is 32.3 Å². The van der Waals surface area contributed by atoms with E-state index in [9.17, 15) is 5.11 Å². The summed E-state index contributed by atoms with van der Waals surface area (Å²) in [6.07, 6.45) is 2.10. The summed E-state index contributed by atoms with van der Waals surface area (Å²) in [6, 6.07) is 3.75. The van der Waals surface area contributed by atoms with E-state index in [0.717, 1.165) is 37.1 Å². The van der Waals surface area contributed by atoms with E-state index in [1.807, 2.05) is 19.1 Å². The van der Waals surface area contributed by atoms with Crippen LogP contribution >= 0.6 is 11.6 Å². The molecule has 0 amide bonds. The fourth-order valence-electron chi connectivity index (χ4n) is 2.19. The van der Waals surface area contributed by atoms with Gasteiger partial charge in [-0.05, 0) is 50.4 Å². The van der Waals surface area contributed by atoms with Gasteiger partial charge in [0.1, 0.15) is 5.75 Å². The van der Waals surface area contributed by atoms with Crippen molar-refractivity contribution >= 4 is 11.6 Å². The highest BCUT2D eigenvalue weighted by Crippen LogP contribution is 2.38. The number of aromatic hydroxyl groups is 1. The molecule has 0 unspecified atom stereocenters. The zero-order valence-corrected chi connectivity index (χ0v) is 9.64. The molecule has 0 bridgehead atoms. The van der Waals surface area contributed by atoms with Crippen LogP contribution in [0.5, 0.6) is 5.75 Å². The number of hydrogen-bond donors (Lipinski definition) is 2. The van der Waals surface area contributed by atoms with Gasteiger partial charge in [-0.2, -0.15) is 0 Å². The molecule has 1 fully saturated rings. The molecule has 1 saturated heterocycles. The maximum atomic E-state index is 10.0. The number of nitrogens with one attached hydrogen (secondary N) is 1. The first kappa shape index (κ1) is 10.8. The van der Waals surface area contributed by atoms with Crippen molar-refractivity contribution in [2.75, 3.05) is 13.1 Å². The molecule has 1 aliphatic heterocycles. The molecule has 1 aromatic carbocycles. The number of hydrogen-bond acceptors (Lipinski definition) is 2. The molecule has 2 N–H and O–H groups in total. The van der Waals surface area contributed by atoms with Crippen molar-refractivity contribution in [3.8, 4) is 5.75 Å². The Morgan fingerprint density at radius 2 is 2.00 bits per heavy atom. The number of piperidine rings is 1. The highest BCUT2D eigenvalue weighted by atomic mass is 35.5. The Morgan fingerprint density at radius 3 is 2.67 bits per heavy atom. The van der Waals surface area contributed by atoms with Crippen LogP contribution in [-0.4, -0.2) is 18.2 Å². The van der Waals surface area contributed by atoms with Crippen LogP contribution in [0.3, 0.4) is 0 Å². The third-order valence-corrected chi connectivity index (χ3v) is 3.44. The van der Waals surface area contributed by atoms with Gasteiger partial charge in [0.05, 0.1) is 0 Å². The first-order valence-corrected chi connectivity index (χ1v) is 5.76. The summed E-state index contributed by atoms with van der Waals surface area (Å²) >= 11 is 6.15. The van der Waals surface area contributed by atoms with E-state index in [-0.39, 0.29) is 0 Å². The Labute approximate surface area is 95.3 Å². The highest BCUT2D eigenvalue weighted by Gasteiger charge is 2.21. The largest absolute Gasteiger partial charge is 0.507 e. The van der Waals surface area contributed by atoms with Crippen LogP contribution in [0.25, 0.3) is 0 Å². The number of phenols is 1. The van der Waals surface area contributed by atoms with Crippen molar-refractivity contribution in [2.45, 2.75) is 25.7 Å². The van der Waals surface area contributed by atoms with Crippen molar-refractivity contribution in [3.05, 3.63) is 28.3 Å². The van der Waals surface area contributed by atoms with Gasteiger partial charge >= 0.3 is 0 Å². The lowest BCUT2D eigenvalue weighted by Crippen LogP contribution is -2.26. The Balaban J connectivity index is 2.36. The average molecular weight is 226 g/mol. The van der Waals surface area contributed by atoms with E-state index < -0.39 is 0 Å². The minimum Gasteiger partial charge on any atom is -0.507 e. The fraction of sp³-hybridized carbons (Fsp3) is 0.500. The van der Waals surface area contributed by atoms with Crippen molar-refractivity contribution < 1.29 is 5.11 Å². The lowest BCUT2D eigenvalue weighted by Gasteiger charge is -2.25.